The van der Waals surface area contributed by atoms with Crippen molar-refractivity contribution in [1.82, 2.24) is 4.57 Å². The van der Waals surface area contributed by atoms with Crippen LogP contribution in [0.5, 0.6) is 0 Å². The predicted molar refractivity (Wildman–Crippen MR) is 59.2 cm³/mol. The molecule has 0 saturated heterocycles. The van der Waals surface area contributed by atoms with E-state index in [2.05, 4.69) is 30.1 Å². The lowest BCUT2D eigenvalue weighted by Crippen LogP contribution is -2.19. The van der Waals surface area contributed by atoms with E-state index in [-0.39, 0.29) is 0 Å². The molecule has 1 aliphatic rings. The first kappa shape index (κ1) is 9.78. The molecule has 1 heterocycles. The second-order valence-electron chi connectivity index (χ2n) is 4.50. The van der Waals surface area contributed by atoms with E-state index in [1.807, 2.05) is 0 Å². The van der Waals surface area contributed by atoms with Crippen LogP contribution in [0.4, 0.5) is 0 Å². The highest BCUT2D eigenvalue weighted by atomic mass is 14.9. The van der Waals surface area contributed by atoms with Gasteiger partial charge in [0.2, 0.25) is 0 Å². The lowest BCUT2D eigenvalue weighted by molar-refractivity contribution is 0.440. The highest BCUT2D eigenvalue weighted by Gasteiger charge is 2.25. The van der Waals surface area contributed by atoms with Gasteiger partial charge in [-0.15, -0.1) is 0 Å². The van der Waals surface area contributed by atoms with Gasteiger partial charge in [-0.3, -0.25) is 0 Å². The average molecular weight is 192 g/mol. The second-order valence-corrected chi connectivity index (χ2v) is 4.50. The van der Waals surface area contributed by atoms with Crippen LogP contribution in [0.2, 0.25) is 0 Å². The molecule has 0 amide bonds. The van der Waals surface area contributed by atoms with E-state index in [1.54, 1.807) is 0 Å². The summed E-state index contributed by atoms with van der Waals surface area (Å²) in [6, 6.07) is 2.22. The van der Waals surface area contributed by atoms with Crippen LogP contribution in [0.25, 0.3) is 0 Å². The highest BCUT2D eigenvalue weighted by molar-refractivity contribution is 5.17. The van der Waals surface area contributed by atoms with Crippen molar-refractivity contribution < 1.29 is 0 Å². The van der Waals surface area contributed by atoms with Gasteiger partial charge < -0.3 is 10.3 Å². The zero-order valence-electron chi connectivity index (χ0n) is 8.95. The van der Waals surface area contributed by atoms with Gasteiger partial charge in [-0.1, -0.05) is 12.8 Å². The van der Waals surface area contributed by atoms with E-state index in [9.17, 15) is 0 Å². The molecule has 1 fully saturated rings. The Bertz CT molecular complexity index is 284. The minimum Gasteiger partial charge on any atom is -0.357 e. The van der Waals surface area contributed by atoms with Crippen LogP contribution < -0.4 is 5.73 Å². The molecule has 0 spiro atoms. The fourth-order valence-electron chi connectivity index (χ4n) is 2.70. The molecule has 1 unspecified atom stereocenters. The average Bonchev–Trinajstić information content (AvgIpc) is 2.79. The number of aryl methyl sites for hydroxylation is 1. The van der Waals surface area contributed by atoms with E-state index in [1.165, 1.54) is 31.2 Å². The molecule has 1 aromatic heterocycles. The number of rotatable bonds is 3. The Hall–Kier alpha value is -0.760. The van der Waals surface area contributed by atoms with E-state index < -0.39 is 0 Å². The molecule has 2 heteroatoms. The number of hydrogen-bond donors (Lipinski definition) is 1. The molecule has 0 radical (unpaired) electrons. The number of nitrogens with two attached hydrogens (primary N) is 1. The Balaban J connectivity index is 2.12. The monoisotopic (exact) mass is 192 g/mol. The molecule has 1 atom stereocenters. The largest absolute Gasteiger partial charge is 0.357 e. The van der Waals surface area contributed by atoms with Crippen LogP contribution in [0.1, 0.15) is 37.2 Å². The molecule has 14 heavy (non-hydrogen) atoms. The molecule has 1 aliphatic carbocycles. The molecule has 0 bridgehead atoms. The predicted octanol–water partition coefficient (Wildman–Crippen LogP) is 2.26. The first-order valence-corrected chi connectivity index (χ1v) is 5.63. The summed E-state index contributed by atoms with van der Waals surface area (Å²) in [5.74, 6) is 1.43. The summed E-state index contributed by atoms with van der Waals surface area (Å²) < 4.78 is 2.12. The summed E-state index contributed by atoms with van der Waals surface area (Å²) >= 11 is 0. The van der Waals surface area contributed by atoms with Gasteiger partial charge >= 0.3 is 0 Å². The van der Waals surface area contributed by atoms with E-state index in [0.717, 1.165) is 12.5 Å². The van der Waals surface area contributed by atoms with Gasteiger partial charge in [-0.2, -0.15) is 0 Å². The minimum absolute atomic E-state index is 0.596. The van der Waals surface area contributed by atoms with Crippen LogP contribution in [0.15, 0.2) is 18.5 Å². The van der Waals surface area contributed by atoms with Gasteiger partial charge in [0.25, 0.3) is 0 Å². The number of aromatic nitrogens is 1. The van der Waals surface area contributed by atoms with Crippen molar-refractivity contribution in [3.05, 3.63) is 24.0 Å². The SMILES string of the molecule is Cn1ccc(C(CN)C2CCCC2)c1. The molecule has 78 valence electrons. The van der Waals surface area contributed by atoms with Crippen LogP contribution >= 0.6 is 0 Å². The summed E-state index contributed by atoms with van der Waals surface area (Å²) in [6.45, 7) is 0.800. The van der Waals surface area contributed by atoms with Crippen LogP contribution in [-0.4, -0.2) is 11.1 Å². The summed E-state index contributed by atoms with van der Waals surface area (Å²) in [5.41, 5.74) is 7.32. The van der Waals surface area contributed by atoms with E-state index >= 15 is 0 Å². The number of hydrogen-bond acceptors (Lipinski definition) is 1. The molecule has 2 N–H and O–H groups in total. The summed E-state index contributed by atoms with van der Waals surface area (Å²) in [5, 5.41) is 0. The Labute approximate surface area is 86.1 Å². The van der Waals surface area contributed by atoms with Crippen LogP contribution in [0.3, 0.4) is 0 Å². The third-order valence-electron chi connectivity index (χ3n) is 3.51. The normalized spacial score (nSPS) is 20.1. The fourth-order valence-corrected chi connectivity index (χ4v) is 2.70. The van der Waals surface area contributed by atoms with E-state index in [4.69, 9.17) is 5.73 Å². The topological polar surface area (TPSA) is 30.9 Å². The lowest BCUT2D eigenvalue weighted by Gasteiger charge is -2.20. The van der Waals surface area contributed by atoms with Gasteiger partial charge in [-0.25, -0.2) is 0 Å². The highest BCUT2D eigenvalue weighted by Crippen LogP contribution is 2.36. The summed E-state index contributed by atoms with van der Waals surface area (Å²) in [6.07, 6.45) is 9.87. The second kappa shape index (κ2) is 4.18. The molecule has 1 aromatic rings. The van der Waals surface area contributed by atoms with Gasteiger partial charge in [0.1, 0.15) is 0 Å². The molecule has 0 aromatic carbocycles. The third-order valence-corrected chi connectivity index (χ3v) is 3.51. The Morgan fingerprint density at radius 2 is 2.21 bits per heavy atom. The van der Waals surface area contributed by atoms with Crippen molar-refractivity contribution in [2.75, 3.05) is 6.54 Å². The third kappa shape index (κ3) is 1.85. The van der Waals surface area contributed by atoms with Gasteiger partial charge in [-0.05, 0) is 36.9 Å². The zero-order valence-corrected chi connectivity index (χ0v) is 8.95. The van der Waals surface area contributed by atoms with Crippen molar-refractivity contribution in [3.63, 3.8) is 0 Å². The Morgan fingerprint density at radius 3 is 2.71 bits per heavy atom. The van der Waals surface area contributed by atoms with Crippen molar-refractivity contribution in [2.24, 2.45) is 18.7 Å². The van der Waals surface area contributed by atoms with Crippen LogP contribution in [-0.2, 0) is 7.05 Å². The molecule has 0 aliphatic heterocycles. The quantitative estimate of drug-likeness (QED) is 0.782. The Morgan fingerprint density at radius 1 is 1.50 bits per heavy atom. The van der Waals surface area contributed by atoms with E-state index in [0.29, 0.717) is 5.92 Å². The molecular formula is C12H20N2. The Kier molecular flexibility index (Phi) is 2.92. The standard InChI is InChI=1S/C12H20N2/c1-14-7-6-11(9-14)12(8-13)10-4-2-3-5-10/h6-7,9-10,12H,2-5,8,13H2,1H3. The maximum Gasteiger partial charge on any atom is 0.0106 e. The van der Waals surface area contributed by atoms with Gasteiger partial charge in [0.05, 0.1) is 0 Å². The summed E-state index contributed by atoms with van der Waals surface area (Å²) in [7, 11) is 2.08. The smallest absolute Gasteiger partial charge is 0.0106 e. The minimum atomic E-state index is 0.596. The van der Waals surface area contributed by atoms with Crippen molar-refractivity contribution in [2.45, 2.75) is 31.6 Å². The van der Waals surface area contributed by atoms with Crippen molar-refractivity contribution >= 4 is 0 Å². The van der Waals surface area contributed by atoms with Crippen LogP contribution in [0, 0.1) is 5.92 Å². The lowest BCUT2D eigenvalue weighted by atomic mass is 9.86. The first-order chi connectivity index (χ1) is 6.81. The maximum absolute atomic E-state index is 5.88. The van der Waals surface area contributed by atoms with Crippen molar-refractivity contribution in [3.8, 4) is 0 Å². The molecule has 1 saturated carbocycles. The summed E-state index contributed by atoms with van der Waals surface area (Å²) in [4.78, 5) is 0. The first-order valence-electron chi connectivity index (χ1n) is 5.63. The van der Waals surface area contributed by atoms with Gasteiger partial charge in [0, 0.05) is 25.4 Å². The maximum atomic E-state index is 5.88. The van der Waals surface area contributed by atoms with Crippen molar-refractivity contribution in [1.29, 1.82) is 0 Å². The fraction of sp³-hybridized carbons (Fsp3) is 0.667. The number of nitrogens with zero attached hydrogens (tertiary/aromatic N) is 1. The van der Waals surface area contributed by atoms with Gasteiger partial charge in [0.15, 0.2) is 0 Å². The molecular weight excluding hydrogens is 172 g/mol. The zero-order chi connectivity index (χ0) is 9.97. The molecule has 2 rings (SSSR count). The molecule has 2 nitrogen and oxygen atoms in total.